The Labute approximate surface area is 188 Å². The number of hydrogen-bond acceptors (Lipinski definition) is 4. The van der Waals surface area contributed by atoms with Crippen molar-refractivity contribution in [2.45, 2.75) is 12.3 Å². The smallest absolute Gasteiger partial charge is 0.246 e. The number of aromatic nitrogens is 1. The summed E-state index contributed by atoms with van der Waals surface area (Å²) in [5.74, 6) is 0.765. The van der Waals surface area contributed by atoms with Crippen molar-refractivity contribution in [1.29, 1.82) is 0 Å². The highest BCUT2D eigenvalue weighted by atomic mass is 32.2. The minimum Gasteiger partial charge on any atom is -0.339 e. The van der Waals surface area contributed by atoms with Gasteiger partial charge < -0.3 is 4.90 Å². The molecule has 5 rings (SSSR count). The first-order chi connectivity index (χ1) is 15.2. The molecule has 2 heterocycles. The number of pyridine rings is 1. The number of nitrogens with one attached hydrogen (secondary N) is 1. The molecule has 1 amide bonds. The monoisotopic (exact) mass is 447 g/mol. The Bertz CT molecular complexity index is 1340. The Balaban J connectivity index is 1.25. The molecule has 1 N–H and O–H groups in total. The molecule has 32 heavy (non-hydrogen) atoms. The Morgan fingerprint density at radius 3 is 2.59 bits per heavy atom. The molecule has 1 saturated carbocycles. The minimum absolute atomic E-state index is 0.00185. The summed E-state index contributed by atoms with van der Waals surface area (Å²) in [5.41, 5.74) is 3.34. The van der Waals surface area contributed by atoms with Gasteiger partial charge in [-0.3, -0.25) is 9.52 Å². The van der Waals surface area contributed by atoms with E-state index < -0.39 is 10.0 Å². The van der Waals surface area contributed by atoms with Gasteiger partial charge in [0, 0.05) is 35.7 Å². The number of likely N-dealkylation sites (tertiary alicyclic amines) is 1. The molecule has 0 spiro atoms. The molecule has 2 aliphatic rings. The van der Waals surface area contributed by atoms with Crippen LogP contribution in [0, 0.1) is 11.8 Å². The first-order valence-electron chi connectivity index (χ1n) is 10.7. The van der Waals surface area contributed by atoms with Crippen LogP contribution in [0.25, 0.3) is 17.0 Å². The van der Waals surface area contributed by atoms with Crippen molar-refractivity contribution in [3.8, 4) is 0 Å². The lowest BCUT2D eigenvalue weighted by molar-refractivity contribution is -0.125. The predicted molar refractivity (Wildman–Crippen MR) is 127 cm³/mol. The number of para-hydroxylation sites is 1. The van der Waals surface area contributed by atoms with Crippen LogP contribution in [-0.2, 0) is 20.2 Å². The van der Waals surface area contributed by atoms with Crippen molar-refractivity contribution >= 4 is 38.6 Å². The third-order valence-electron chi connectivity index (χ3n) is 6.87. The lowest BCUT2D eigenvalue weighted by Gasteiger charge is -2.24. The van der Waals surface area contributed by atoms with Crippen molar-refractivity contribution < 1.29 is 13.2 Å². The fraction of sp³-hybridized carbons (Fsp3) is 0.280. The lowest BCUT2D eigenvalue weighted by Crippen LogP contribution is -2.33. The van der Waals surface area contributed by atoms with Gasteiger partial charge in [0.15, 0.2) is 0 Å². The van der Waals surface area contributed by atoms with E-state index in [1.54, 1.807) is 18.2 Å². The van der Waals surface area contributed by atoms with E-state index in [2.05, 4.69) is 16.6 Å². The number of amides is 1. The maximum atomic E-state index is 12.7. The number of carbonyl (C=O) groups is 1. The number of piperidine rings is 1. The second-order valence-corrected chi connectivity index (χ2v) is 10.7. The van der Waals surface area contributed by atoms with Crippen molar-refractivity contribution in [2.75, 3.05) is 24.1 Å². The van der Waals surface area contributed by atoms with Gasteiger partial charge in [-0.1, -0.05) is 43.3 Å². The summed E-state index contributed by atoms with van der Waals surface area (Å²) in [5, 5.41) is 1.07. The molecule has 0 bridgehead atoms. The Morgan fingerprint density at radius 1 is 1.09 bits per heavy atom. The highest BCUT2D eigenvalue weighted by Gasteiger charge is 2.66. The molecule has 3 aromatic rings. The van der Waals surface area contributed by atoms with E-state index >= 15 is 0 Å². The van der Waals surface area contributed by atoms with Gasteiger partial charge in [0.2, 0.25) is 15.9 Å². The number of fused-ring (bicyclic) bond motifs is 2. The molecule has 0 radical (unpaired) electrons. The molecule has 2 fully saturated rings. The van der Waals surface area contributed by atoms with E-state index in [1.807, 2.05) is 59.5 Å². The van der Waals surface area contributed by atoms with E-state index in [0.717, 1.165) is 28.4 Å². The van der Waals surface area contributed by atoms with Gasteiger partial charge in [-0.2, -0.15) is 0 Å². The average molecular weight is 448 g/mol. The number of nitrogens with zero attached hydrogens (tertiary/aromatic N) is 2. The van der Waals surface area contributed by atoms with Crippen molar-refractivity contribution in [2.24, 2.45) is 11.8 Å². The molecule has 7 heteroatoms. The zero-order valence-corrected chi connectivity index (χ0v) is 18.8. The van der Waals surface area contributed by atoms with E-state index in [0.29, 0.717) is 30.6 Å². The second-order valence-electron chi connectivity index (χ2n) is 8.96. The topological polar surface area (TPSA) is 79.4 Å². The Hall–Kier alpha value is -3.19. The molecule has 2 unspecified atom stereocenters. The number of benzene rings is 2. The van der Waals surface area contributed by atoms with Crippen molar-refractivity contribution in [3.05, 3.63) is 78.0 Å². The molecule has 1 aliphatic carbocycles. The highest BCUT2D eigenvalue weighted by molar-refractivity contribution is 7.92. The molecule has 1 aromatic heterocycles. The summed E-state index contributed by atoms with van der Waals surface area (Å²) < 4.78 is 25.7. The fourth-order valence-corrected chi connectivity index (χ4v) is 5.61. The number of carbonyl (C=O) groups excluding carboxylic acids is 1. The first-order valence-corrected chi connectivity index (χ1v) is 12.5. The van der Waals surface area contributed by atoms with Crippen LogP contribution in [0.15, 0.2) is 66.7 Å². The molecule has 164 valence electrons. The second kappa shape index (κ2) is 7.45. The summed E-state index contributed by atoms with van der Waals surface area (Å²) in [6.07, 6.45) is 4.53. The Morgan fingerprint density at radius 2 is 1.84 bits per heavy atom. The van der Waals surface area contributed by atoms with Crippen LogP contribution in [-0.4, -0.2) is 43.6 Å². The minimum atomic E-state index is -3.31. The van der Waals surface area contributed by atoms with E-state index in [9.17, 15) is 13.2 Å². The SMILES string of the molecule is CC1(c2cccc(NS(C)(=O)=O)c2)C2CN(C(=O)C=Cc3ccc4ccccc4n3)CC21. The van der Waals surface area contributed by atoms with Crippen molar-refractivity contribution in [3.63, 3.8) is 0 Å². The van der Waals surface area contributed by atoms with Crippen LogP contribution in [0.1, 0.15) is 18.2 Å². The quantitative estimate of drug-likeness (QED) is 0.606. The number of sulfonamides is 1. The van der Waals surface area contributed by atoms with Gasteiger partial charge in [-0.25, -0.2) is 13.4 Å². The summed E-state index contributed by atoms with van der Waals surface area (Å²) in [6, 6.07) is 19.4. The van der Waals surface area contributed by atoms with Gasteiger partial charge in [0.05, 0.1) is 17.5 Å². The van der Waals surface area contributed by atoms with E-state index in [1.165, 1.54) is 0 Å². The lowest BCUT2D eigenvalue weighted by atomic mass is 9.92. The standard InChI is InChI=1S/C25H25N3O3S/c1-25(18-7-5-8-20(14-18)27-32(2,30)31)21-15-28(16-22(21)25)24(29)13-12-19-11-10-17-6-3-4-9-23(17)26-19/h3-14,21-22,27H,15-16H2,1-2H3. The average Bonchev–Trinajstić information content (AvgIpc) is 3.10. The maximum Gasteiger partial charge on any atom is 0.246 e. The molecular formula is C25H25N3O3S. The van der Waals surface area contributed by atoms with Gasteiger partial charge in [0.25, 0.3) is 0 Å². The molecule has 2 atom stereocenters. The summed E-state index contributed by atoms with van der Waals surface area (Å²) in [4.78, 5) is 19.2. The normalized spacial score (nSPS) is 24.6. The van der Waals surface area contributed by atoms with Crippen LogP contribution in [0.4, 0.5) is 5.69 Å². The zero-order chi connectivity index (χ0) is 22.5. The van der Waals surface area contributed by atoms with Crippen LogP contribution < -0.4 is 4.72 Å². The zero-order valence-electron chi connectivity index (χ0n) is 18.0. The third-order valence-corrected chi connectivity index (χ3v) is 7.47. The largest absolute Gasteiger partial charge is 0.339 e. The van der Waals surface area contributed by atoms with Gasteiger partial charge in [-0.15, -0.1) is 0 Å². The van der Waals surface area contributed by atoms with E-state index in [-0.39, 0.29) is 11.3 Å². The third kappa shape index (κ3) is 3.77. The summed E-state index contributed by atoms with van der Waals surface area (Å²) in [6.45, 7) is 3.62. The summed E-state index contributed by atoms with van der Waals surface area (Å²) >= 11 is 0. The number of hydrogen-bond donors (Lipinski definition) is 1. The first kappa shape index (κ1) is 20.7. The van der Waals surface area contributed by atoms with Gasteiger partial charge >= 0.3 is 0 Å². The highest BCUT2D eigenvalue weighted by Crippen LogP contribution is 2.63. The van der Waals surface area contributed by atoms with E-state index in [4.69, 9.17) is 0 Å². The maximum absolute atomic E-state index is 12.7. The molecular weight excluding hydrogens is 422 g/mol. The molecule has 6 nitrogen and oxygen atoms in total. The fourth-order valence-electron chi connectivity index (χ4n) is 5.06. The predicted octanol–water partition coefficient (Wildman–Crippen LogP) is 3.67. The van der Waals surface area contributed by atoms with Gasteiger partial charge in [0.1, 0.15) is 0 Å². The van der Waals surface area contributed by atoms with Crippen LogP contribution in [0.2, 0.25) is 0 Å². The summed E-state index contributed by atoms with van der Waals surface area (Å²) in [7, 11) is -3.31. The van der Waals surface area contributed by atoms with Gasteiger partial charge in [-0.05, 0) is 47.7 Å². The van der Waals surface area contributed by atoms with Crippen LogP contribution in [0.3, 0.4) is 0 Å². The van der Waals surface area contributed by atoms with Crippen LogP contribution >= 0.6 is 0 Å². The Kier molecular flexibility index (Phi) is 4.82. The molecule has 1 saturated heterocycles. The molecule has 1 aliphatic heterocycles. The molecule has 2 aromatic carbocycles. The van der Waals surface area contributed by atoms with Crippen LogP contribution in [0.5, 0.6) is 0 Å². The van der Waals surface area contributed by atoms with Crippen molar-refractivity contribution in [1.82, 2.24) is 9.88 Å². The number of anilines is 1. The number of rotatable bonds is 5.